The van der Waals surface area contributed by atoms with Crippen molar-refractivity contribution < 1.29 is 24.0 Å². The van der Waals surface area contributed by atoms with E-state index in [2.05, 4.69) is 5.43 Å². The minimum Gasteiger partial charge on any atom is -0.497 e. The van der Waals surface area contributed by atoms with Crippen molar-refractivity contribution in [1.82, 2.24) is 10.4 Å². The minimum absolute atomic E-state index is 0.0834. The predicted octanol–water partition coefficient (Wildman–Crippen LogP) is 3.16. The monoisotopic (exact) mass is 445 g/mol. The normalized spacial score (nSPS) is 14.7. The van der Waals surface area contributed by atoms with Crippen LogP contribution in [0.1, 0.15) is 15.9 Å². The molecule has 0 bridgehead atoms. The number of thioether (sulfide) groups is 1. The molecule has 9 nitrogen and oxygen atoms in total. The van der Waals surface area contributed by atoms with Crippen molar-refractivity contribution in [3.05, 3.63) is 68.6 Å². The quantitative estimate of drug-likeness (QED) is 0.312. The summed E-state index contributed by atoms with van der Waals surface area (Å²) in [5.74, 6) is -0.298. The minimum atomic E-state index is -0.821. The number of nitro groups is 1. The zero-order valence-electron chi connectivity index (χ0n) is 15.8. The molecule has 30 heavy (non-hydrogen) atoms. The molecule has 1 fully saturated rings. The fourth-order valence-electron chi connectivity index (χ4n) is 2.64. The Morgan fingerprint density at radius 3 is 2.63 bits per heavy atom. The number of amides is 2. The third-order valence-electron chi connectivity index (χ3n) is 4.08. The summed E-state index contributed by atoms with van der Waals surface area (Å²) in [6, 6.07) is 10.5. The van der Waals surface area contributed by atoms with Crippen LogP contribution in [0.3, 0.4) is 0 Å². The zero-order chi connectivity index (χ0) is 21.8. The first-order valence-corrected chi connectivity index (χ1v) is 9.62. The molecule has 2 amide bonds. The van der Waals surface area contributed by atoms with Crippen LogP contribution in [0.15, 0.2) is 47.4 Å². The summed E-state index contributed by atoms with van der Waals surface area (Å²) in [5, 5.41) is 12.0. The fourth-order valence-corrected chi connectivity index (χ4v) is 3.81. The third kappa shape index (κ3) is 4.26. The summed E-state index contributed by atoms with van der Waals surface area (Å²) in [7, 11) is 3.01. The van der Waals surface area contributed by atoms with E-state index in [0.717, 1.165) is 16.8 Å². The number of carbonyl (C=O) groups excluding carboxylic acids is 2. The maximum Gasteiger partial charge on any atom is 0.285 e. The number of hydrogen-bond acceptors (Lipinski definition) is 8. The number of nitro benzene ring substituents is 1. The molecule has 0 unspecified atom stereocenters. The largest absolute Gasteiger partial charge is 0.497 e. The summed E-state index contributed by atoms with van der Waals surface area (Å²) in [4.78, 5) is 36.0. The van der Waals surface area contributed by atoms with Gasteiger partial charge in [-0.05, 0) is 42.6 Å². The lowest BCUT2D eigenvalue weighted by atomic mass is 10.1. The van der Waals surface area contributed by atoms with Gasteiger partial charge in [0.2, 0.25) is 0 Å². The highest BCUT2D eigenvalue weighted by molar-refractivity contribution is 8.26. The van der Waals surface area contributed by atoms with Crippen LogP contribution in [0.2, 0.25) is 0 Å². The van der Waals surface area contributed by atoms with Gasteiger partial charge in [-0.1, -0.05) is 23.9 Å². The number of para-hydroxylation sites is 1. The SMILES string of the molecule is COc1ccc(OC)c(C=C2SC(=S)N(NC(=O)c3ccccc3[N+](=O)[O-])C2=O)c1. The standard InChI is InChI=1S/C19H15N3O6S2/c1-27-12-7-8-15(28-2)11(9-12)10-16-18(24)21(19(29)30-16)20-17(23)13-5-3-4-6-14(13)22(25)26/h3-10H,1-2H3,(H,20,23). The Morgan fingerprint density at radius 1 is 1.23 bits per heavy atom. The van der Waals surface area contributed by atoms with Crippen LogP contribution >= 0.6 is 24.0 Å². The molecule has 11 heteroatoms. The molecule has 1 aliphatic heterocycles. The molecule has 1 aliphatic rings. The molecule has 1 heterocycles. The molecule has 1 saturated heterocycles. The van der Waals surface area contributed by atoms with Crippen molar-refractivity contribution in [2.24, 2.45) is 0 Å². The van der Waals surface area contributed by atoms with Crippen molar-refractivity contribution in [1.29, 1.82) is 0 Å². The number of nitrogens with zero attached hydrogens (tertiary/aromatic N) is 2. The number of benzene rings is 2. The highest BCUT2D eigenvalue weighted by atomic mass is 32.2. The second-order valence-corrected chi connectivity index (χ2v) is 7.52. The second kappa shape index (κ2) is 8.93. The van der Waals surface area contributed by atoms with E-state index in [1.807, 2.05) is 0 Å². The average Bonchev–Trinajstić information content (AvgIpc) is 3.00. The fraction of sp³-hybridized carbons (Fsp3) is 0.105. The summed E-state index contributed by atoms with van der Waals surface area (Å²) in [5.41, 5.74) is 2.36. The van der Waals surface area contributed by atoms with Gasteiger partial charge in [0.15, 0.2) is 4.32 Å². The van der Waals surface area contributed by atoms with Gasteiger partial charge < -0.3 is 9.47 Å². The van der Waals surface area contributed by atoms with Crippen molar-refractivity contribution in [3.8, 4) is 11.5 Å². The molecule has 0 spiro atoms. The maximum absolute atomic E-state index is 12.8. The third-order valence-corrected chi connectivity index (χ3v) is 5.38. The molecule has 2 aromatic rings. The van der Waals surface area contributed by atoms with Crippen LogP contribution in [-0.4, -0.2) is 40.3 Å². The second-order valence-electron chi connectivity index (χ2n) is 5.84. The van der Waals surface area contributed by atoms with Crippen LogP contribution in [0.25, 0.3) is 6.08 Å². The number of rotatable bonds is 6. The van der Waals surface area contributed by atoms with Gasteiger partial charge in [-0.25, -0.2) is 0 Å². The highest BCUT2D eigenvalue weighted by Crippen LogP contribution is 2.34. The van der Waals surface area contributed by atoms with E-state index in [-0.39, 0.29) is 20.5 Å². The van der Waals surface area contributed by atoms with Gasteiger partial charge in [0.1, 0.15) is 17.1 Å². The molecule has 0 aromatic heterocycles. The topological polar surface area (TPSA) is 111 Å². The van der Waals surface area contributed by atoms with Gasteiger partial charge >= 0.3 is 0 Å². The van der Waals surface area contributed by atoms with Crippen LogP contribution in [0.5, 0.6) is 11.5 Å². The van der Waals surface area contributed by atoms with Crippen LogP contribution < -0.4 is 14.9 Å². The van der Waals surface area contributed by atoms with Crippen LogP contribution in [-0.2, 0) is 4.79 Å². The lowest BCUT2D eigenvalue weighted by Gasteiger charge is -2.15. The number of methoxy groups -OCH3 is 2. The van der Waals surface area contributed by atoms with Crippen LogP contribution in [0.4, 0.5) is 5.69 Å². The van der Waals surface area contributed by atoms with Gasteiger partial charge in [0.05, 0.1) is 24.0 Å². The van der Waals surface area contributed by atoms with Gasteiger partial charge in [-0.3, -0.25) is 25.1 Å². The van der Waals surface area contributed by atoms with Gasteiger partial charge in [0.25, 0.3) is 17.5 Å². The number of hydrogen-bond donors (Lipinski definition) is 1. The number of nitrogens with one attached hydrogen (secondary N) is 1. The molecule has 1 N–H and O–H groups in total. The summed E-state index contributed by atoms with van der Waals surface area (Å²) in [6.07, 6.45) is 1.57. The van der Waals surface area contributed by atoms with E-state index < -0.39 is 16.7 Å². The number of hydrazine groups is 1. The summed E-state index contributed by atoms with van der Waals surface area (Å²) in [6.45, 7) is 0. The van der Waals surface area contributed by atoms with Crippen LogP contribution in [0, 0.1) is 10.1 Å². The van der Waals surface area contributed by atoms with Gasteiger partial charge in [-0.2, -0.15) is 5.01 Å². The average molecular weight is 445 g/mol. The molecule has 0 aliphatic carbocycles. The molecule has 0 saturated carbocycles. The first kappa shape index (κ1) is 21.3. The Bertz CT molecular complexity index is 1090. The Hall–Kier alpha value is -3.44. The molecule has 2 aromatic carbocycles. The first-order valence-electron chi connectivity index (χ1n) is 8.40. The number of carbonyl (C=O) groups is 2. The van der Waals surface area contributed by atoms with Crippen molar-refractivity contribution in [3.63, 3.8) is 0 Å². The molecule has 3 rings (SSSR count). The van der Waals surface area contributed by atoms with E-state index in [9.17, 15) is 19.7 Å². The van der Waals surface area contributed by atoms with E-state index in [4.69, 9.17) is 21.7 Å². The Kier molecular flexibility index (Phi) is 6.33. The van der Waals surface area contributed by atoms with Crippen molar-refractivity contribution >= 4 is 51.9 Å². The number of ether oxygens (including phenoxy) is 2. The molecular formula is C19H15N3O6S2. The molecule has 154 valence electrons. The molecule has 0 radical (unpaired) electrons. The van der Waals surface area contributed by atoms with E-state index in [0.29, 0.717) is 17.1 Å². The maximum atomic E-state index is 12.8. The van der Waals surface area contributed by atoms with E-state index >= 15 is 0 Å². The van der Waals surface area contributed by atoms with Gasteiger partial charge in [-0.15, -0.1) is 0 Å². The predicted molar refractivity (Wildman–Crippen MR) is 115 cm³/mol. The van der Waals surface area contributed by atoms with E-state index in [1.165, 1.54) is 38.5 Å². The molecule has 0 atom stereocenters. The van der Waals surface area contributed by atoms with Crippen molar-refractivity contribution in [2.45, 2.75) is 0 Å². The highest BCUT2D eigenvalue weighted by Gasteiger charge is 2.35. The lowest BCUT2D eigenvalue weighted by molar-refractivity contribution is -0.385. The smallest absolute Gasteiger partial charge is 0.285 e. The molecular weight excluding hydrogens is 430 g/mol. The lowest BCUT2D eigenvalue weighted by Crippen LogP contribution is -2.45. The number of thiocarbonyl (C=S) groups is 1. The summed E-state index contributed by atoms with van der Waals surface area (Å²) >= 11 is 6.18. The van der Waals surface area contributed by atoms with E-state index in [1.54, 1.807) is 24.3 Å². The summed E-state index contributed by atoms with van der Waals surface area (Å²) < 4.78 is 10.6. The Labute approximate surface area is 180 Å². The first-order chi connectivity index (χ1) is 14.3. The van der Waals surface area contributed by atoms with Crippen molar-refractivity contribution in [2.75, 3.05) is 14.2 Å². The zero-order valence-corrected chi connectivity index (χ0v) is 17.4. The van der Waals surface area contributed by atoms with Gasteiger partial charge in [0, 0.05) is 11.6 Å². The Morgan fingerprint density at radius 2 is 1.97 bits per heavy atom. The Balaban J connectivity index is 1.86.